The van der Waals surface area contributed by atoms with Crippen molar-refractivity contribution in [2.24, 2.45) is 11.8 Å². The molecule has 90 valence electrons. The number of nitrogens with zero attached hydrogens (tertiary/aromatic N) is 1. The molecule has 0 bridgehead atoms. The van der Waals surface area contributed by atoms with E-state index in [0.717, 1.165) is 37.8 Å². The van der Waals surface area contributed by atoms with Gasteiger partial charge in [0.05, 0.1) is 6.10 Å². The van der Waals surface area contributed by atoms with Gasteiger partial charge in [0.2, 0.25) is 0 Å². The largest absolute Gasteiger partial charge is 0.393 e. The fourth-order valence-corrected chi connectivity index (χ4v) is 2.75. The van der Waals surface area contributed by atoms with Crippen LogP contribution in [0, 0.1) is 11.8 Å². The van der Waals surface area contributed by atoms with Crippen LogP contribution in [0.5, 0.6) is 0 Å². The van der Waals surface area contributed by atoms with Gasteiger partial charge in [0.15, 0.2) is 0 Å². The van der Waals surface area contributed by atoms with Gasteiger partial charge >= 0.3 is 0 Å². The summed E-state index contributed by atoms with van der Waals surface area (Å²) < 4.78 is 0. The summed E-state index contributed by atoms with van der Waals surface area (Å²) >= 11 is 0. The first kappa shape index (κ1) is 13.0. The van der Waals surface area contributed by atoms with E-state index >= 15 is 0 Å². The van der Waals surface area contributed by atoms with Crippen LogP contribution in [0.4, 0.5) is 0 Å². The molecule has 0 aromatic carbocycles. The summed E-state index contributed by atoms with van der Waals surface area (Å²) in [6.07, 6.45) is 3.09. The molecule has 0 amide bonds. The van der Waals surface area contributed by atoms with Crippen LogP contribution in [0.2, 0.25) is 0 Å². The number of hydrogen-bond acceptors (Lipinski definition) is 2. The first-order valence-electron chi connectivity index (χ1n) is 6.46. The second kappa shape index (κ2) is 5.86. The quantitative estimate of drug-likeness (QED) is 0.775. The van der Waals surface area contributed by atoms with Crippen molar-refractivity contribution in [3.05, 3.63) is 0 Å². The van der Waals surface area contributed by atoms with E-state index in [1.807, 2.05) is 0 Å². The van der Waals surface area contributed by atoms with Gasteiger partial charge in [-0.05, 0) is 37.6 Å². The Hall–Kier alpha value is -0.0800. The molecule has 0 radical (unpaired) electrons. The zero-order valence-corrected chi connectivity index (χ0v) is 10.7. The third kappa shape index (κ3) is 3.76. The van der Waals surface area contributed by atoms with Crippen LogP contribution in [0.1, 0.15) is 47.0 Å². The van der Waals surface area contributed by atoms with E-state index in [1.54, 1.807) is 0 Å². The number of aliphatic hydroxyl groups excluding tert-OH is 1. The molecule has 1 aliphatic carbocycles. The van der Waals surface area contributed by atoms with Gasteiger partial charge < -0.3 is 10.0 Å². The minimum absolute atomic E-state index is 0.0626. The Balaban J connectivity index is 2.56. The van der Waals surface area contributed by atoms with Crippen molar-refractivity contribution in [2.45, 2.75) is 59.1 Å². The van der Waals surface area contributed by atoms with E-state index in [2.05, 4.69) is 32.6 Å². The monoisotopic (exact) mass is 213 g/mol. The standard InChI is InChI=1S/C13H27NO/c1-5-14(9-10(2)3)13-8-12(15)7-6-11(13)4/h10-13,15H,5-9H2,1-4H3. The fraction of sp³-hybridized carbons (Fsp3) is 1.00. The van der Waals surface area contributed by atoms with E-state index in [0.29, 0.717) is 6.04 Å². The molecule has 2 nitrogen and oxygen atoms in total. The van der Waals surface area contributed by atoms with Crippen LogP contribution in [-0.4, -0.2) is 35.2 Å². The topological polar surface area (TPSA) is 23.5 Å². The molecule has 0 heterocycles. The predicted octanol–water partition coefficient (Wildman–Crippen LogP) is 2.51. The maximum atomic E-state index is 9.75. The Labute approximate surface area is 94.7 Å². The van der Waals surface area contributed by atoms with Crippen molar-refractivity contribution in [1.29, 1.82) is 0 Å². The lowest BCUT2D eigenvalue weighted by Gasteiger charge is -2.40. The molecular weight excluding hydrogens is 186 g/mol. The molecule has 15 heavy (non-hydrogen) atoms. The normalized spacial score (nSPS) is 32.6. The highest BCUT2D eigenvalue weighted by Gasteiger charge is 2.30. The highest BCUT2D eigenvalue weighted by atomic mass is 16.3. The average molecular weight is 213 g/mol. The second-order valence-corrected chi connectivity index (χ2v) is 5.49. The van der Waals surface area contributed by atoms with Crippen molar-refractivity contribution in [3.8, 4) is 0 Å². The average Bonchev–Trinajstić information content (AvgIpc) is 2.18. The van der Waals surface area contributed by atoms with E-state index in [4.69, 9.17) is 0 Å². The molecule has 0 aliphatic heterocycles. The van der Waals surface area contributed by atoms with Gasteiger partial charge in [0.1, 0.15) is 0 Å². The minimum atomic E-state index is -0.0626. The Morgan fingerprint density at radius 3 is 2.53 bits per heavy atom. The van der Waals surface area contributed by atoms with Crippen LogP contribution in [0.15, 0.2) is 0 Å². The van der Waals surface area contributed by atoms with E-state index in [1.165, 1.54) is 6.42 Å². The van der Waals surface area contributed by atoms with Crippen LogP contribution in [0.3, 0.4) is 0 Å². The van der Waals surface area contributed by atoms with Gasteiger partial charge in [-0.1, -0.05) is 27.7 Å². The van der Waals surface area contributed by atoms with Crippen molar-refractivity contribution in [3.63, 3.8) is 0 Å². The zero-order valence-electron chi connectivity index (χ0n) is 10.7. The van der Waals surface area contributed by atoms with E-state index in [9.17, 15) is 5.11 Å². The van der Waals surface area contributed by atoms with Gasteiger partial charge in [0, 0.05) is 12.6 Å². The molecule has 1 fully saturated rings. The number of hydrogen-bond donors (Lipinski definition) is 1. The Kier molecular flexibility index (Phi) is 5.07. The predicted molar refractivity (Wildman–Crippen MR) is 64.9 cm³/mol. The van der Waals surface area contributed by atoms with Crippen LogP contribution in [0.25, 0.3) is 0 Å². The number of aliphatic hydroxyl groups is 1. The van der Waals surface area contributed by atoms with Crippen LogP contribution in [-0.2, 0) is 0 Å². The molecule has 0 spiro atoms. The molecule has 2 heteroatoms. The van der Waals surface area contributed by atoms with Crippen molar-refractivity contribution >= 4 is 0 Å². The second-order valence-electron chi connectivity index (χ2n) is 5.49. The molecule has 3 atom stereocenters. The maximum absolute atomic E-state index is 9.75. The minimum Gasteiger partial charge on any atom is -0.393 e. The lowest BCUT2D eigenvalue weighted by atomic mass is 9.83. The third-order valence-corrected chi connectivity index (χ3v) is 3.60. The van der Waals surface area contributed by atoms with Gasteiger partial charge in [0.25, 0.3) is 0 Å². The lowest BCUT2D eigenvalue weighted by molar-refractivity contribution is 0.0296. The Morgan fingerprint density at radius 2 is 2.00 bits per heavy atom. The van der Waals surface area contributed by atoms with Gasteiger partial charge in [-0.2, -0.15) is 0 Å². The summed E-state index contributed by atoms with van der Waals surface area (Å²) in [6.45, 7) is 11.4. The molecule has 1 saturated carbocycles. The third-order valence-electron chi connectivity index (χ3n) is 3.60. The van der Waals surface area contributed by atoms with Crippen molar-refractivity contribution in [2.75, 3.05) is 13.1 Å². The summed E-state index contributed by atoms with van der Waals surface area (Å²) in [5.74, 6) is 1.46. The van der Waals surface area contributed by atoms with Crippen molar-refractivity contribution < 1.29 is 5.11 Å². The zero-order chi connectivity index (χ0) is 11.4. The summed E-state index contributed by atoms with van der Waals surface area (Å²) in [6, 6.07) is 0.598. The van der Waals surface area contributed by atoms with Crippen molar-refractivity contribution in [1.82, 2.24) is 4.90 Å². The summed E-state index contributed by atoms with van der Waals surface area (Å²) in [7, 11) is 0. The fourth-order valence-electron chi connectivity index (χ4n) is 2.75. The maximum Gasteiger partial charge on any atom is 0.0555 e. The van der Waals surface area contributed by atoms with E-state index < -0.39 is 0 Å². The van der Waals surface area contributed by atoms with Crippen LogP contribution >= 0.6 is 0 Å². The van der Waals surface area contributed by atoms with E-state index in [-0.39, 0.29) is 6.10 Å². The smallest absolute Gasteiger partial charge is 0.0555 e. The molecule has 1 aliphatic rings. The number of rotatable bonds is 4. The molecule has 1 rings (SSSR count). The Morgan fingerprint density at radius 1 is 1.33 bits per heavy atom. The molecular formula is C13H27NO. The summed E-state index contributed by atoms with van der Waals surface area (Å²) in [5, 5.41) is 9.75. The molecule has 1 N–H and O–H groups in total. The highest BCUT2D eigenvalue weighted by molar-refractivity contribution is 4.84. The molecule has 3 unspecified atom stereocenters. The first-order valence-corrected chi connectivity index (χ1v) is 6.46. The lowest BCUT2D eigenvalue weighted by Crippen LogP contribution is -2.46. The SMILES string of the molecule is CCN(CC(C)C)C1CC(O)CCC1C. The van der Waals surface area contributed by atoms with Gasteiger partial charge in [-0.3, -0.25) is 0 Å². The van der Waals surface area contributed by atoms with Gasteiger partial charge in [-0.25, -0.2) is 0 Å². The molecule has 0 aromatic heterocycles. The Bertz CT molecular complexity index is 181. The highest BCUT2D eigenvalue weighted by Crippen LogP contribution is 2.28. The summed E-state index contributed by atoms with van der Waals surface area (Å²) in [5.41, 5.74) is 0. The van der Waals surface area contributed by atoms with Crippen LogP contribution < -0.4 is 0 Å². The molecule has 0 aromatic rings. The molecule has 0 saturated heterocycles. The first-order chi connectivity index (χ1) is 7.04. The summed E-state index contributed by atoms with van der Waals surface area (Å²) in [4.78, 5) is 2.55. The van der Waals surface area contributed by atoms with Gasteiger partial charge in [-0.15, -0.1) is 0 Å².